The van der Waals surface area contributed by atoms with Crippen molar-refractivity contribution in [1.82, 2.24) is 9.97 Å². The molecule has 0 saturated heterocycles. The molecule has 0 aliphatic carbocycles. The first-order valence-corrected chi connectivity index (χ1v) is 19.4. The van der Waals surface area contributed by atoms with E-state index in [-0.39, 0.29) is 0 Å². The topological polar surface area (TPSA) is 25.8 Å². The van der Waals surface area contributed by atoms with Crippen LogP contribution in [0.4, 0.5) is 0 Å². The summed E-state index contributed by atoms with van der Waals surface area (Å²) in [7, 11) is 0. The summed E-state index contributed by atoms with van der Waals surface area (Å²) in [5.74, 6) is 0.724. The summed E-state index contributed by atoms with van der Waals surface area (Å²) in [5.41, 5.74) is 14.9. The van der Waals surface area contributed by atoms with Gasteiger partial charge in [0.2, 0.25) is 0 Å². The van der Waals surface area contributed by atoms with Crippen LogP contribution in [0.2, 0.25) is 0 Å². The summed E-state index contributed by atoms with van der Waals surface area (Å²) in [4.78, 5) is 11.6. The smallest absolute Gasteiger partial charge is 0.161 e. The summed E-state index contributed by atoms with van der Waals surface area (Å²) in [6.07, 6.45) is 0. The van der Waals surface area contributed by atoms with Crippen LogP contribution in [-0.4, -0.2) is 9.97 Å². The quantitative estimate of drug-likeness (QED) is 0.164. The molecule has 0 aliphatic rings. The molecule has 3 heteroatoms. The van der Waals surface area contributed by atoms with E-state index in [4.69, 9.17) is 9.97 Å². The van der Waals surface area contributed by atoms with Crippen molar-refractivity contribution >= 4 is 31.6 Å². The van der Waals surface area contributed by atoms with Crippen LogP contribution in [0.5, 0.6) is 0 Å². The fourth-order valence-electron chi connectivity index (χ4n) is 7.52. The Labute approximate surface area is 324 Å². The average Bonchev–Trinajstić information content (AvgIpc) is 3.66. The maximum atomic E-state index is 5.35. The van der Waals surface area contributed by atoms with E-state index in [0.717, 1.165) is 44.0 Å². The second-order valence-electron chi connectivity index (χ2n) is 13.8. The van der Waals surface area contributed by atoms with Gasteiger partial charge in [-0.2, -0.15) is 0 Å². The molecule has 0 N–H and O–H groups in total. The highest BCUT2D eigenvalue weighted by atomic mass is 32.1. The molecule has 10 rings (SSSR count). The first-order chi connectivity index (χ1) is 27.2. The highest BCUT2D eigenvalue weighted by Crippen LogP contribution is 2.40. The van der Waals surface area contributed by atoms with Crippen LogP contribution >= 0.6 is 11.3 Å². The molecular formula is C52H34N2S. The molecule has 0 unspecified atom stereocenters. The Bertz CT molecular complexity index is 2960. The Kier molecular flexibility index (Phi) is 8.40. The molecular weight excluding hydrogens is 685 g/mol. The second kappa shape index (κ2) is 14.1. The lowest BCUT2D eigenvalue weighted by atomic mass is 9.95. The molecule has 0 aliphatic heterocycles. The van der Waals surface area contributed by atoms with Gasteiger partial charge in [0.25, 0.3) is 0 Å². The van der Waals surface area contributed by atoms with Crippen molar-refractivity contribution in [3.8, 4) is 78.3 Å². The SMILES string of the molecule is c1ccc(-c2cccc(-c3ccc(-c4nc(-c5cccc(-c6cccc(-c7cccc(-c8ccccc8)c7)c6)c5)nc5sc6ccccc6c45)cc3)c2)cc1. The number of hydrogen-bond donors (Lipinski definition) is 0. The van der Waals surface area contributed by atoms with Crippen molar-refractivity contribution in [3.05, 3.63) is 206 Å². The molecule has 0 atom stereocenters. The minimum Gasteiger partial charge on any atom is -0.227 e. The Balaban J connectivity index is 1.03. The Morgan fingerprint density at radius 2 is 0.673 bits per heavy atom. The predicted octanol–water partition coefficient (Wildman–Crippen LogP) is 14.5. The lowest BCUT2D eigenvalue weighted by Gasteiger charge is -2.11. The zero-order chi connectivity index (χ0) is 36.6. The summed E-state index contributed by atoms with van der Waals surface area (Å²) in [6, 6.07) is 73.4. The normalized spacial score (nSPS) is 11.3. The third-order valence-corrected chi connectivity index (χ3v) is 11.4. The van der Waals surface area contributed by atoms with Gasteiger partial charge < -0.3 is 0 Å². The van der Waals surface area contributed by atoms with Gasteiger partial charge in [-0.05, 0) is 86.0 Å². The van der Waals surface area contributed by atoms with E-state index in [1.807, 2.05) is 0 Å². The fourth-order valence-corrected chi connectivity index (χ4v) is 8.59. The van der Waals surface area contributed by atoms with Crippen molar-refractivity contribution in [2.75, 3.05) is 0 Å². The molecule has 8 aromatic carbocycles. The Hall–Kier alpha value is -6.94. The average molecular weight is 719 g/mol. The summed E-state index contributed by atoms with van der Waals surface area (Å²) in [5, 5.41) is 2.29. The maximum Gasteiger partial charge on any atom is 0.161 e. The van der Waals surface area contributed by atoms with Crippen molar-refractivity contribution < 1.29 is 0 Å². The van der Waals surface area contributed by atoms with Crippen molar-refractivity contribution in [2.45, 2.75) is 0 Å². The van der Waals surface area contributed by atoms with Gasteiger partial charge in [-0.1, -0.05) is 176 Å². The zero-order valence-electron chi connectivity index (χ0n) is 29.9. The number of nitrogens with zero attached hydrogens (tertiary/aromatic N) is 2. The number of rotatable bonds is 7. The van der Waals surface area contributed by atoms with E-state index in [0.29, 0.717) is 0 Å². The number of benzene rings is 8. The van der Waals surface area contributed by atoms with E-state index in [1.165, 1.54) is 54.6 Å². The van der Waals surface area contributed by atoms with E-state index in [9.17, 15) is 0 Å². The van der Waals surface area contributed by atoms with Crippen LogP contribution < -0.4 is 0 Å². The molecule has 55 heavy (non-hydrogen) atoms. The van der Waals surface area contributed by atoms with Crippen LogP contribution in [0.15, 0.2) is 206 Å². The largest absolute Gasteiger partial charge is 0.227 e. The predicted molar refractivity (Wildman–Crippen MR) is 233 cm³/mol. The Morgan fingerprint density at radius 1 is 0.291 bits per heavy atom. The second-order valence-corrected chi connectivity index (χ2v) is 14.8. The maximum absolute atomic E-state index is 5.35. The summed E-state index contributed by atoms with van der Waals surface area (Å²) in [6.45, 7) is 0. The van der Waals surface area contributed by atoms with Gasteiger partial charge in [0, 0.05) is 26.6 Å². The standard InChI is InChI=1S/C52H34N2S/c1-3-13-35(14-4-1)39-17-9-19-41(31-39)37-27-29-38(30-28-37)50-49-47-25-7-8-26-48(47)55-52(49)54-51(53-50)46-24-12-23-45(34-46)44-22-11-21-43(33-44)42-20-10-18-40(32-42)36-15-5-2-6-16-36/h1-34H. The third-order valence-electron chi connectivity index (χ3n) is 10.3. The number of thiophene rings is 1. The zero-order valence-corrected chi connectivity index (χ0v) is 30.7. The van der Waals surface area contributed by atoms with Crippen LogP contribution in [-0.2, 0) is 0 Å². The number of hydrogen-bond acceptors (Lipinski definition) is 3. The van der Waals surface area contributed by atoms with E-state index >= 15 is 0 Å². The lowest BCUT2D eigenvalue weighted by Crippen LogP contribution is -1.94. The number of aromatic nitrogens is 2. The molecule has 258 valence electrons. The molecule has 0 radical (unpaired) electrons. The minimum absolute atomic E-state index is 0.724. The molecule has 0 amide bonds. The lowest BCUT2D eigenvalue weighted by molar-refractivity contribution is 1.24. The molecule has 2 aromatic heterocycles. The van der Waals surface area contributed by atoms with Gasteiger partial charge in [-0.25, -0.2) is 9.97 Å². The molecule has 0 spiro atoms. The first-order valence-electron chi connectivity index (χ1n) is 18.6. The number of fused-ring (bicyclic) bond motifs is 3. The van der Waals surface area contributed by atoms with Crippen molar-refractivity contribution in [3.63, 3.8) is 0 Å². The van der Waals surface area contributed by atoms with Crippen LogP contribution in [0.3, 0.4) is 0 Å². The van der Waals surface area contributed by atoms with Crippen LogP contribution in [0.25, 0.3) is 98.6 Å². The van der Waals surface area contributed by atoms with Gasteiger partial charge in [-0.15, -0.1) is 11.3 Å². The first kappa shape index (κ1) is 32.7. The van der Waals surface area contributed by atoms with Crippen molar-refractivity contribution in [1.29, 1.82) is 0 Å². The van der Waals surface area contributed by atoms with Crippen LogP contribution in [0.1, 0.15) is 0 Å². The van der Waals surface area contributed by atoms with Gasteiger partial charge in [-0.3, -0.25) is 0 Å². The highest BCUT2D eigenvalue weighted by molar-refractivity contribution is 7.25. The molecule has 0 bridgehead atoms. The highest BCUT2D eigenvalue weighted by Gasteiger charge is 2.17. The molecule has 0 fully saturated rings. The molecule has 2 heterocycles. The van der Waals surface area contributed by atoms with Gasteiger partial charge in [0.05, 0.1) is 5.69 Å². The van der Waals surface area contributed by atoms with Crippen molar-refractivity contribution in [2.24, 2.45) is 0 Å². The van der Waals surface area contributed by atoms with Gasteiger partial charge >= 0.3 is 0 Å². The molecule has 0 saturated carbocycles. The minimum atomic E-state index is 0.724. The van der Waals surface area contributed by atoms with Gasteiger partial charge in [0.1, 0.15) is 4.83 Å². The monoisotopic (exact) mass is 718 g/mol. The van der Waals surface area contributed by atoms with E-state index < -0.39 is 0 Å². The molecule has 2 nitrogen and oxygen atoms in total. The van der Waals surface area contributed by atoms with E-state index in [2.05, 4.69) is 206 Å². The van der Waals surface area contributed by atoms with Crippen LogP contribution in [0, 0.1) is 0 Å². The third kappa shape index (κ3) is 6.41. The summed E-state index contributed by atoms with van der Waals surface area (Å²) < 4.78 is 1.21. The van der Waals surface area contributed by atoms with Gasteiger partial charge in [0.15, 0.2) is 5.82 Å². The Morgan fingerprint density at radius 3 is 1.20 bits per heavy atom. The molecule has 10 aromatic rings. The fraction of sp³-hybridized carbons (Fsp3) is 0. The van der Waals surface area contributed by atoms with E-state index in [1.54, 1.807) is 11.3 Å². The summed E-state index contributed by atoms with van der Waals surface area (Å²) >= 11 is 1.73.